The summed E-state index contributed by atoms with van der Waals surface area (Å²) in [5, 5.41) is 2.42. The number of hydrogen-bond acceptors (Lipinski definition) is 3. The highest BCUT2D eigenvalue weighted by molar-refractivity contribution is 9.10. The van der Waals surface area contributed by atoms with Crippen LogP contribution >= 0.6 is 27.5 Å². The van der Waals surface area contributed by atoms with Crippen molar-refractivity contribution in [3.63, 3.8) is 0 Å². The van der Waals surface area contributed by atoms with Crippen LogP contribution in [0.3, 0.4) is 0 Å². The maximum atomic E-state index is 11.0. The molecule has 0 fully saturated rings. The standard InChI is InChI=1S/C9H8BrClN2O3/c10-6-3-5(11)1-2-7(6)16-4-8(14)13-9(12)15/h1-3H,4H2,(H3,12,13,14,15). The van der Waals surface area contributed by atoms with Crippen LogP contribution < -0.4 is 15.8 Å². The number of carbonyl (C=O) groups is 2. The summed E-state index contributed by atoms with van der Waals surface area (Å²) in [4.78, 5) is 21.4. The molecule has 0 atom stereocenters. The van der Waals surface area contributed by atoms with Crippen molar-refractivity contribution in [2.45, 2.75) is 0 Å². The molecule has 0 radical (unpaired) electrons. The fourth-order valence-electron chi connectivity index (χ4n) is 0.909. The highest BCUT2D eigenvalue weighted by atomic mass is 79.9. The molecule has 16 heavy (non-hydrogen) atoms. The number of amides is 3. The van der Waals surface area contributed by atoms with Gasteiger partial charge in [0.15, 0.2) is 6.61 Å². The molecular formula is C9H8BrClN2O3. The summed E-state index contributed by atoms with van der Waals surface area (Å²) in [5.41, 5.74) is 4.76. The van der Waals surface area contributed by atoms with E-state index in [1.807, 2.05) is 5.32 Å². The third-order valence-electron chi connectivity index (χ3n) is 1.52. The molecule has 7 heteroatoms. The first-order valence-electron chi connectivity index (χ1n) is 4.16. The Morgan fingerprint density at radius 1 is 1.50 bits per heavy atom. The summed E-state index contributed by atoms with van der Waals surface area (Å²) in [7, 11) is 0. The Balaban J connectivity index is 2.54. The minimum atomic E-state index is -0.913. The summed E-state index contributed by atoms with van der Waals surface area (Å²) in [5.74, 6) is -0.168. The molecule has 1 aromatic rings. The largest absolute Gasteiger partial charge is 0.483 e. The Morgan fingerprint density at radius 2 is 2.19 bits per heavy atom. The highest BCUT2D eigenvalue weighted by Gasteiger charge is 2.07. The second kappa shape index (κ2) is 5.72. The van der Waals surface area contributed by atoms with E-state index < -0.39 is 11.9 Å². The van der Waals surface area contributed by atoms with Crippen molar-refractivity contribution >= 4 is 39.5 Å². The number of nitrogens with one attached hydrogen (secondary N) is 1. The number of carbonyl (C=O) groups excluding carboxylic acids is 2. The molecule has 0 heterocycles. The second-order valence-electron chi connectivity index (χ2n) is 2.78. The molecule has 0 unspecified atom stereocenters. The SMILES string of the molecule is NC(=O)NC(=O)COc1ccc(Cl)cc1Br. The van der Waals surface area contributed by atoms with Crippen molar-refractivity contribution in [3.8, 4) is 5.75 Å². The predicted octanol–water partition coefficient (Wildman–Crippen LogP) is 1.68. The zero-order valence-corrected chi connectivity index (χ0v) is 10.3. The number of rotatable bonds is 3. The van der Waals surface area contributed by atoms with Crippen LogP contribution in [-0.4, -0.2) is 18.5 Å². The average molecular weight is 308 g/mol. The van der Waals surface area contributed by atoms with Crippen LogP contribution in [0.1, 0.15) is 0 Å². The molecule has 0 aliphatic heterocycles. The molecule has 0 aromatic heterocycles. The maximum Gasteiger partial charge on any atom is 0.318 e. The molecule has 1 rings (SSSR count). The van der Waals surface area contributed by atoms with Gasteiger partial charge in [0.05, 0.1) is 4.47 Å². The molecule has 0 aliphatic rings. The minimum absolute atomic E-state index is 0.302. The van der Waals surface area contributed by atoms with Crippen molar-refractivity contribution in [1.82, 2.24) is 5.32 Å². The Hall–Kier alpha value is -1.27. The van der Waals surface area contributed by atoms with E-state index in [-0.39, 0.29) is 6.61 Å². The summed E-state index contributed by atoms with van der Waals surface area (Å²) >= 11 is 8.94. The van der Waals surface area contributed by atoms with E-state index in [4.69, 9.17) is 22.1 Å². The fourth-order valence-corrected chi connectivity index (χ4v) is 1.71. The van der Waals surface area contributed by atoms with Crippen molar-refractivity contribution in [2.75, 3.05) is 6.61 Å². The monoisotopic (exact) mass is 306 g/mol. The molecule has 3 amide bonds. The van der Waals surface area contributed by atoms with Crippen LogP contribution in [0.2, 0.25) is 5.02 Å². The lowest BCUT2D eigenvalue weighted by atomic mass is 10.3. The van der Waals surface area contributed by atoms with Gasteiger partial charge in [-0.3, -0.25) is 10.1 Å². The molecule has 5 nitrogen and oxygen atoms in total. The lowest BCUT2D eigenvalue weighted by Gasteiger charge is -2.07. The molecule has 0 spiro atoms. The number of nitrogens with two attached hydrogens (primary N) is 1. The van der Waals surface area contributed by atoms with E-state index in [0.29, 0.717) is 15.2 Å². The van der Waals surface area contributed by atoms with Gasteiger partial charge in [-0.25, -0.2) is 4.79 Å². The molecule has 0 bridgehead atoms. The topological polar surface area (TPSA) is 81.4 Å². The van der Waals surface area contributed by atoms with Crippen LogP contribution in [0.4, 0.5) is 4.79 Å². The Bertz CT molecular complexity index is 425. The van der Waals surface area contributed by atoms with Crippen molar-refractivity contribution in [2.24, 2.45) is 5.73 Å². The molecule has 1 aromatic carbocycles. The van der Waals surface area contributed by atoms with E-state index in [0.717, 1.165) is 0 Å². The van der Waals surface area contributed by atoms with Gasteiger partial charge < -0.3 is 10.5 Å². The van der Waals surface area contributed by atoms with Gasteiger partial charge in [0.2, 0.25) is 0 Å². The van der Waals surface area contributed by atoms with Gasteiger partial charge in [0.25, 0.3) is 5.91 Å². The highest BCUT2D eigenvalue weighted by Crippen LogP contribution is 2.27. The van der Waals surface area contributed by atoms with Gasteiger partial charge in [-0.1, -0.05) is 11.6 Å². The van der Waals surface area contributed by atoms with Crippen molar-refractivity contribution < 1.29 is 14.3 Å². The lowest BCUT2D eigenvalue weighted by Crippen LogP contribution is -2.38. The number of primary amides is 1. The first-order valence-corrected chi connectivity index (χ1v) is 5.33. The fraction of sp³-hybridized carbons (Fsp3) is 0.111. The first-order chi connectivity index (χ1) is 7.49. The summed E-state index contributed by atoms with van der Waals surface area (Å²) in [6, 6.07) is 3.93. The average Bonchev–Trinajstić information content (AvgIpc) is 2.15. The van der Waals surface area contributed by atoms with Crippen LogP contribution in [0.15, 0.2) is 22.7 Å². The summed E-state index contributed by atoms with van der Waals surface area (Å²) in [6.07, 6.45) is 0. The smallest absolute Gasteiger partial charge is 0.318 e. The number of benzene rings is 1. The Labute approximate surface area is 105 Å². The molecule has 3 N–H and O–H groups in total. The second-order valence-corrected chi connectivity index (χ2v) is 4.07. The molecular weight excluding hydrogens is 299 g/mol. The molecule has 86 valence electrons. The van der Waals surface area contributed by atoms with Gasteiger partial charge in [0.1, 0.15) is 5.75 Å². The van der Waals surface area contributed by atoms with Crippen molar-refractivity contribution in [3.05, 3.63) is 27.7 Å². The first kappa shape index (κ1) is 12.8. The molecule has 0 aliphatic carbocycles. The van der Waals surface area contributed by atoms with Gasteiger partial charge in [-0.2, -0.15) is 0 Å². The maximum absolute atomic E-state index is 11.0. The Kier molecular flexibility index (Phi) is 4.57. The van der Waals surface area contributed by atoms with E-state index in [1.54, 1.807) is 18.2 Å². The third kappa shape index (κ3) is 4.08. The Morgan fingerprint density at radius 3 is 2.75 bits per heavy atom. The van der Waals surface area contributed by atoms with E-state index in [1.165, 1.54) is 0 Å². The van der Waals surface area contributed by atoms with Crippen LogP contribution in [0.5, 0.6) is 5.75 Å². The molecule has 0 saturated carbocycles. The number of urea groups is 1. The number of ether oxygens (including phenoxy) is 1. The van der Waals surface area contributed by atoms with E-state index >= 15 is 0 Å². The number of hydrogen-bond donors (Lipinski definition) is 2. The molecule has 0 saturated heterocycles. The van der Waals surface area contributed by atoms with Gasteiger partial charge in [-0.15, -0.1) is 0 Å². The predicted molar refractivity (Wildman–Crippen MR) is 62.4 cm³/mol. The van der Waals surface area contributed by atoms with Crippen LogP contribution in [-0.2, 0) is 4.79 Å². The number of imide groups is 1. The lowest BCUT2D eigenvalue weighted by molar-refractivity contribution is -0.121. The quantitative estimate of drug-likeness (QED) is 0.891. The summed E-state index contributed by atoms with van der Waals surface area (Å²) < 4.78 is 5.75. The van der Waals surface area contributed by atoms with E-state index in [9.17, 15) is 9.59 Å². The normalized spacial score (nSPS) is 9.62. The van der Waals surface area contributed by atoms with Gasteiger partial charge in [0, 0.05) is 5.02 Å². The third-order valence-corrected chi connectivity index (χ3v) is 2.37. The van der Waals surface area contributed by atoms with Crippen molar-refractivity contribution in [1.29, 1.82) is 0 Å². The van der Waals surface area contributed by atoms with Crippen LogP contribution in [0.25, 0.3) is 0 Å². The number of halogens is 2. The minimum Gasteiger partial charge on any atom is -0.483 e. The zero-order chi connectivity index (χ0) is 12.1. The van der Waals surface area contributed by atoms with Gasteiger partial charge >= 0.3 is 6.03 Å². The van der Waals surface area contributed by atoms with E-state index in [2.05, 4.69) is 15.9 Å². The summed E-state index contributed by atoms with van der Waals surface area (Å²) in [6.45, 7) is -0.302. The van der Waals surface area contributed by atoms with Gasteiger partial charge in [-0.05, 0) is 34.1 Å². The zero-order valence-electron chi connectivity index (χ0n) is 8.00. The van der Waals surface area contributed by atoms with Crippen LogP contribution in [0, 0.1) is 0 Å².